The van der Waals surface area contributed by atoms with E-state index < -0.39 is 27.5 Å². The lowest BCUT2D eigenvalue weighted by molar-refractivity contribution is -0.137. The van der Waals surface area contributed by atoms with Gasteiger partial charge in [0.15, 0.2) is 15.5 Å². The second kappa shape index (κ2) is 11.4. The minimum atomic E-state index is -4.51. The summed E-state index contributed by atoms with van der Waals surface area (Å²) in [6.45, 7) is -0.190. The van der Waals surface area contributed by atoms with Gasteiger partial charge < -0.3 is 10.6 Å². The van der Waals surface area contributed by atoms with E-state index in [2.05, 4.69) is 32.4 Å². The maximum absolute atomic E-state index is 13.0. The summed E-state index contributed by atoms with van der Waals surface area (Å²) < 4.78 is 64.2. The number of hydrogen-bond acceptors (Lipinski definition) is 6. The number of carbonyl (C=O) groups excluding carboxylic acids is 1. The fourth-order valence-electron chi connectivity index (χ4n) is 4.08. The zero-order valence-electron chi connectivity index (χ0n) is 22.0. The van der Waals surface area contributed by atoms with Gasteiger partial charge in [-0.3, -0.25) is 14.2 Å². The van der Waals surface area contributed by atoms with Gasteiger partial charge in [0.25, 0.3) is 5.91 Å². The molecule has 0 aliphatic carbocycles. The Balaban J connectivity index is 1.35. The van der Waals surface area contributed by atoms with Crippen LogP contribution < -0.4 is 10.6 Å². The first-order valence-corrected chi connectivity index (χ1v) is 14.3. The molecule has 0 spiro atoms. The number of anilines is 2. The predicted molar refractivity (Wildman–Crippen MR) is 151 cm³/mol. The van der Waals surface area contributed by atoms with Crippen molar-refractivity contribution in [3.63, 3.8) is 0 Å². The number of halogens is 3. The number of amides is 1. The molecule has 3 aromatic heterocycles. The van der Waals surface area contributed by atoms with Crippen molar-refractivity contribution in [1.82, 2.24) is 19.7 Å². The average Bonchev–Trinajstić information content (AvgIpc) is 3.38. The molecule has 0 fully saturated rings. The Kier molecular flexibility index (Phi) is 7.69. The number of fused-ring (bicyclic) bond motifs is 1. The van der Waals surface area contributed by atoms with E-state index in [1.807, 2.05) is 6.07 Å². The summed E-state index contributed by atoms with van der Waals surface area (Å²) in [5.74, 6) is 5.51. The minimum absolute atomic E-state index is 0.0724. The van der Waals surface area contributed by atoms with Gasteiger partial charge in [0.2, 0.25) is 0 Å². The van der Waals surface area contributed by atoms with Crippen LogP contribution in [0.15, 0.2) is 96.3 Å². The Labute approximate surface area is 239 Å². The fraction of sp³-hybridized carbons (Fsp3) is 0.100. The van der Waals surface area contributed by atoms with Gasteiger partial charge in [0, 0.05) is 29.9 Å². The first-order valence-electron chi connectivity index (χ1n) is 12.4. The third-order valence-corrected chi connectivity index (χ3v) is 7.30. The molecule has 5 aromatic rings. The standard InChI is InChI=1S/C30H22F3N5O3S/c1-42(40,41)25-12-9-22(10-13-25)37-27-7-4-16-38-24(19-35-28(27)38)11-8-20-5-2-3-6-26(20)29(39)36-18-23-17-21(14-15-34-23)30(31,32)33/h2-7,9-10,12-17,19,37H,18H2,1H3,(H,36,39). The molecule has 0 aliphatic heterocycles. The van der Waals surface area contributed by atoms with Crippen LogP contribution in [0.1, 0.15) is 32.9 Å². The highest BCUT2D eigenvalue weighted by Crippen LogP contribution is 2.29. The third-order valence-electron chi connectivity index (χ3n) is 6.17. The van der Waals surface area contributed by atoms with E-state index in [1.165, 1.54) is 12.1 Å². The molecule has 0 aliphatic rings. The van der Waals surface area contributed by atoms with Crippen LogP contribution in [0.2, 0.25) is 0 Å². The summed E-state index contributed by atoms with van der Waals surface area (Å²) in [6, 6.07) is 18.4. The van der Waals surface area contributed by atoms with E-state index in [4.69, 9.17) is 0 Å². The predicted octanol–water partition coefficient (Wildman–Crippen LogP) is 5.23. The highest BCUT2D eigenvalue weighted by atomic mass is 32.2. The molecule has 0 saturated heterocycles. The normalized spacial score (nSPS) is 11.5. The number of hydrogen-bond donors (Lipinski definition) is 2. The number of pyridine rings is 2. The van der Waals surface area contributed by atoms with Gasteiger partial charge in [0.1, 0.15) is 5.69 Å². The van der Waals surface area contributed by atoms with Crippen LogP contribution in [0.3, 0.4) is 0 Å². The molecule has 2 N–H and O–H groups in total. The quantitative estimate of drug-likeness (QED) is 0.263. The SMILES string of the molecule is CS(=O)(=O)c1ccc(Nc2cccn3c(C#Cc4ccccc4C(=O)NCc4cc(C(F)(F)F)ccn4)cnc23)cc1. The van der Waals surface area contributed by atoms with Gasteiger partial charge >= 0.3 is 6.18 Å². The van der Waals surface area contributed by atoms with E-state index in [0.717, 1.165) is 24.6 Å². The summed E-state index contributed by atoms with van der Waals surface area (Å²) in [5.41, 5.74) is 2.37. The Morgan fingerprint density at radius 3 is 2.48 bits per heavy atom. The van der Waals surface area contributed by atoms with Crippen LogP contribution >= 0.6 is 0 Å². The van der Waals surface area contributed by atoms with Gasteiger partial charge in [-0.1, -0.05) is 18.1 Å². The van der Waals surface area contributed by atoms with E-state index in [-0.39, 0.29) is 22.7 Å². The molecule has 3 heterocycles. The van der Waals surface area contributed by atoms with Crippen molar-refractivity contribution in [2.75, 3.05) is 11.6 Å². The Hall–Kier alpha value is -5.15. The largest absolute Gasteiger partial charge is 0.416 e. The van der Waals surface area contributed by atoms with Gasteiger partial charge in [-0.2, -0.15) is 13.2 Å². The third kappa shape index (κ3) is 6.42. The molecule has 0 saturated carbocycles. The summed E-state index contributed by atoms with van der Waals surface area (Å²) in [7, 11) is -3.31. The van der Waals surface area contributed by atoms with Crippen molar-refractivity contribution in [1.29, 1.82) is 0 Å². The molecule has 0 unspecified atom stereocenters. The number of benzene rings is 2. The van der Waals surface area contributed by atoms with Crippen LogP contribution in [0.25, 0.3) is 5.65 Å². The van der Waals surface area contributed by atoms with E-state index in [1.54, 1.807) is 59.3 Å². The lowest BCUT2D eigenvalue weighted by atomic mass is 10.1. The molecular weight excluding hydrogens is 567 g/mol. The topological polar surface area (TPSA) is 105 Å². The van der Waals surface area contributed by atoms with Crippen LogP contribution in [0.4, 0.5) is 24.5 Å². The Morgan fingerprint density at radius 2 is 1.74 bits per heavy atom. The van der Waals surface area contributed by atoms with Crippen molar-refractivity contribution in [2.45, 2.75) is 17.6 Å². The first kappa shape index (κ1) is 28.4. The maximum Gasteiger partial charge on any atom is 0.416 e. The van der Waals surface area contributed by atoms with Crippen LogP contribution in [0.5, 0.6) is 0 Å². The zero-order valence-corrected chi connectivity index (χ0v) is 22.8. The number of nitrogens with one attached hydrogen (secondary N) is 2. The zero-order chi connectivity index (χ0) is 29.9. The van der Waals surface area contributed by atoms with Crippen LogP contribution in [-0.2, 0) is 22.6 Å². The number of alkyl halides is 3. The van der Waals surface area contributed by atoms with Crippen molar-refractivity contribution in [3.05, 3.63) is 119 Å². The Morgan fingerprint density at radius 1 is 0.976 bits per heavy atom. The molecule has 0 bridgehead atoms. The molecule has 12 heteroatoms. The van der Waals surface area contributed by atoms with Crippen molar-refractivity contribution < 1.29 is 26.4 Å². The van der Waals surface area contributed by atoms with Gasteiger partial charge in [-0.25, -0.2) is 13.4 Å². The highest BCUT2D eigenvalue weighted by Gasteiger charge is 2.30. The minimum Gasteiger partial charge on any atom is -0.352 e. The monoisotopic (exact) mass is 589 g/mol. The molecule has 2 aromatic carbocycles. The lowest BCUT2D eigenvalue weighted by Gasteiger charge is -2.09. The molecule has 212 valence electrons. The molecule has 5 rings (SSSR count). The number of nitrogens with zero attached hydrogens (tertiary/aromatic N) is 3. The van der Waals surface area contributed by atoms with Gasteiger partial charge in [-0.15, -0.1) is 0 Å². The van der Waals surface area contributed by atoms with Crippen LogP contribution in [0, 0.1) is 11.8 Å². The van der Waals surface area contributed by atoms with E-state index in [9.17, 15) is 26.4 Å². The number of sulfone groups is 1. The number of rotatable bonds is 6. The summed E-state index contributed by atoms with van der Waals surface area (Å²) >= 11 is 0. The molecule has 0 radical (unpaired) electrons. The fourth-order valence-corrected chi connectivity index (χ4v) is 4.71. The summed E-state index contributed by atoms with van der Waals surface area (Å²) in [6.07, 6.45) is 1.05. The van der Waals surface area contributed by atoms with Gasteiger partial charge in [0.05, 0.1) is 40.1 Å². The summed E-state index contributed by atoms with van der Waals surface area (Å²) in [5, 5.41) is 5.83. The van der Waals surface area contributed by atoms with E-state index >= 15 is 0 Å². The molecule has 42 heavy (non-hydrogen) atoms. The van der Waals surface area contributed by atoms with Crippen molar-refractivity contribution >= 4 is 32.8 Å². The maximum atomic E-state index is 13.0. The lowest BCUT2D eigenvalue weighted by Crippen LogP contribution is -2.24. The average molecular weight is 590 g/mol. The number of aromatic nitrogens is 3. The Bertz CT molecular complexity index is 1960. The molecular formula is C30H22F3N5O3S. The van der Waals surface area contributed by atoms with Crippen molar-refractivity contribution in [2.24, 2.45) is 0 Å². The highest BCUT2D eigenvalue weighted by molar-refractivity contribution is 7.90. The van der Waals surface area contributed by atoms with Gasteiger partial charge in [-0.05, 0) is 66.6 Å². The van der Waals surface area contributed by atoms with E-state index in [0.29, 0.717) is 28.3 Å². The summed E-state index contributed by atoms with van der Waals surface area (Å²) in [4.78, 5) is 21.5. The first-order chi connectivity index (χ1) is 20.0. The molecule has 0 atom stereocenters. The second-order valence-electron chi connectivity index (χ2n) is 9.19. The number of carbonyl (C=O) groups is 1. The van der Waals surface area contributed by atoms with Crippen molar-refractivity contribution in [3.8, 4) is 11.8 Å². The smallest absolute Gasteiger partial charge is 0.352 e. The second-order valence-corrected chi connectivity index (χ2v) is 11.2. The molecule has 1 amide bonds. The molecule has 8 nitrogen and oxygen atoms in total. The van der Waals surface area contributed by atoms with Crippen LogP contribution in [-0.4, -0.2) is 34.9 Å². The number of imidazole rings is 1.